The molecule has 0 aliphatic carbocycles. The van der Waals surface area contributed by atoms with Gasteiger partial charge in [-0.25, -0.2) is 8.42 Å². The molecule has 0 aromatic heterocycles. The van der Waals surface area contributed by atoms with E-state index in [4.69, 9.17) is 23.2 Å². The summed E-state index contributed by atoms with van der Waals surface area (Å²) >= 11 is 12.4. The Morgan fingerprint density at radius 3 is 2.17 bits per heavy atom. The number of amides is 2. The van der Waals surface area contributed by atoms with Crippen LogP contribution in [0.3, 0.4) is 0 Å². The fourth-order valence-electron chi connectivity index (χ4n) is 4.60. The predicted molar refractivity (Wildman–Crippen MR) is 171 cm³/mol. The van der Waals surface area contributed by atoms with Gasteiger partial charge in [0.25, 0.3) is 10.0 Å². The number of sulfonamides is 1. The van der Waals surface area contributed by atoms with Crippen molar-refractivity contribution in [1.29, 1.82) is 0 Å². The summed E-state index contributed by atoms with van der Waals surface area (Å²) in [6.45, 7) is 9.03. The second-order valence-electron chi connectivity index (χ2n) is 10.3. The number of hydrogen-bond acceptors (Lipinski definition) is 4. The molecule has 2 atom stereocenters. The predicted octanol–water partition coefficient (Wildman–Crippen LogP) is 6.78. The van der Waals surface area contributed by atoms with E-state index in [1.165, 1.54) is 4.90 Å². The smallest absolute Gasteiger partial charge is 0.264 e. The highest BCUT2D eigenvalue weighted by atomic mass is 35.5. The zero-order chi connectivity index (χ0) is 31.0. The first-order valence-electron chi connectivity index (χ1n) is 14.1. The molecule has 0 radical (unpaired) electrons. The van der Waals surface area contributed by atoms with Crippen molar-refractivity contribution in [2.24, 2.45) is 0 Å². The van der Waals surface area contributed by atoms with Gasteiger partial charge in [-0.2, -0.15) is 0 Å². The fourth-order valence-corrected chi connectivity index (χ4v) is 6.37. The van der Waals surface area contributed by atoms with Crippen LogP contribution in [0.4, 0.5) is 5.69 Å². The first-order chi connectivity index (χ1) is 19.9. The number of carbonyl (C=O) groups excluding carboxylic acids is 2. The molecule has 0 unspecified atom stereocenters. The summed E-state index contributed by atoms with van der Waals surface area (Å²) in [6.07, 6.45) is 1.61. The number of rotatable bonds is 13. The van der Waals surface area contributed by atoms with Crippen LogP contribution in [-0.4, -0.2) is 43.8 Å². The number of aryl methyl sites for hydroxylation is 2. The average Bonchev–Trinajstić information content (AvgIpc) is 2.97. The number of anilines is 1. The topological polar surface area (TPSA) is 86.8 Å². The van der Waals surface area contributed by atoms with Crippen molar-refractivity contribution in [2.75, 3.05) is 10.8 Å². The van der Waals surface area contributed by atoms with E-state index in [0.717, 1.165) is 21.9 Å². The van der Waals surface area contributed by atoms with Crippen molar-refractivity contribution in [2.45, 2.75) is 77.4 Å². The van der Waals surface area contributed by atoms with Crippen LogP contribution >= 0.6 is 23.2 Å². The lowest BCUT2D eigenvalue weighted by Gasteiger charge is -2.34. The SMILES string of the molecule is CCc1ccccc1N(CC(=O)N(Cc1ccc(Cl)c(Cl)c1)[C@@H](CC)C(=O)N[C@H](C)CC)S(=O)(=O)c1ccc(C)cc1. The van der Waals surface area contributed by atoms with Crippen LogP contribution in [0.25, 0.3) is 0 Å². The summed E-state index contributed by atoms with van der Waals surface area (Å²) in [6, 6.07) is 17.7. The largest absolute Gasteiger partial charge is 0.352 e. The molecular weight excluding hydrogens is 593 g/mol. The molecule has 0 aliphatic heterocycles. The van der Waals surface area contributed by atoms with Gasteiger partial charge in [-0.15, -0.1) is 0 Å². The van der Waals surface area contributed by atoms with E-state index in [2.05, 4.69) is 5.32 Å². The molecule has 2 amide bonds. The molecule has 0 fully saturated rings. The van der Waals surface area contributed by atoms with Crippen LogP contribution in [0.1, 0.15) is 57.2 Å². The Hall–Kier alpha value is -3.07. The van der Waals surface area contributed by atoms with Crippen molar-refractivity contribution >= 4 is 50.7 Å². The van der Waals surface area contributed by atoms with Gasteiger partial charge in [0, 0.05) is 12.6 Å². The van der Waals surface area contributed by atoms with Gasteiger partial charge in [0.2, 0.25) is 11.8 Å². The maximum Gasteiger partial charge on any atom is 0.264 e. The molecule has 1 N–H and O–H groups in total. The molecule has 0 spiro atoms. The summed E-state index contributed by atoms with van der Waals surface area (Å²) in [7, 11) is -4.15. The van der Waals surface area contributed by atoms with E-state index in [9.17, 15) is 18.0 Å². The van der Waals surface area contributed by atoms with Gasteiger partial charge in [0.15, 0.2) is 0 Å². The first kappa shape index (κ1) is 33.4. The minimum Gasteiger partial charge on any atom is -0.352 e. The Bertz CT molecular complexity index is 1500. The van der Waals surface area contributed by atoms with E-state index in [1.54, 1.807) is 54.6 Å². The number of nitrogens with zero attached hydrogens (tertiary/aromatic N) is 2. The molecule has 0 saturated heterocycles. The number of hydrogen-bond donors (Lipinski definition) is 1. The van der Waals surface area contributed by atoms with E-state index in [1.807, 2.05) is 46.8 Å². The minimum atomic E-state index is -4.15. The summed E-state index contributed by atoms with van der Waals surface area (Å²) in [4.78, 5) is 29.2. The second kappa shape index (κ2) is 14.9. The van der Waals surface area contributed by atoms with Crippen molar-refractivity contribution in [3.63, 3.8) is 0 Å². The molecule has 0 bridgehead atoms. The second-order valence-corrected chi connectivity index (χ2v) is 13.0. The molecule has 226 valence electrons. The highest BCUT2D eigenvalue weighted by Crippen LogP contribution is 2.29. The lowest BCUT2D eigenvalue weighted by Crippen LogP contribution is -2.53. The Kier molecular flexibility index (Phi) is 11.9. The van der Waals surface area contributed by atoms with E-state index < -0.39 is 28.5 Å². The average molecular weight is 633 g/mol. The Morgan fingerprint density at radius 2 is 1.57 bits per heavy atom. The molecule has 0 heterocycles. The van der Waals surface area contributed by atoms with Crippen LogP contribution in [0.15, 0.2) is 71.6 Å². The highest BCUT2D eigenvalue weighted by molar-refractivity contribution is 7.92. The molecule has 3 aromatic carbocycles. The van der Waals surface area contributed by atoms with Gasteiger partial charge in [0.05, 0.1) is 20.6 Å². The Labute approximate surface area is 259 Å². The Balaban J connectivity index is 2.11. The van der Waals surface area contributed by atoms with Gasteiger partial charge in [-0.1, -0.05) is 85.9 Å². The molecule has 0 saturated carbocycles. The molecule has 3 rings (SSSR count). The maximum atomic E-state index is 14.3. The molecule has 3 aromatic rings. The standard InChI is InChI=1S/C32H39Cl2N3O4S/c1-6-23(5)35-32(39)29(8-3)36(20-24-15-18-27(33)28(34)19-24)31(38)21-37(30-12-10-9-11-25(30)7-2)42(40,41)26-16-13-22(4)14-17-26/h9-19,23,29H,6-8,20-21H2,1-5H3,(H,35,39)/t23-,29+/m1/s1. The first-order valence-corrected chi connectivity index (χ1v) is 16.3. The van der Waals surface area contributed by atoms with Crippen LogP contribution < -0.4 is 9.62 Å². The van der Waals surface area contributed by atoms with Gasteiger partial charge in [-0.05, 0) is 74.6 Å². The number of benzene rings is 3. The van der Waals surface area contributed by atoms with Crippen molar-refractivity contribution in [1.82, 2.24) is 10.2 Å². The van der Waals surface area contributed by atoms with Gasteiger partial charge in [0.1, 0.15) is 12.6 Å². The molecular formula is C32H39Cl2N3O4S. The third-order valence-corrected chi connectivity index (χ3v) is 9.77. The molecule has 10 heteroatoms. The van der Waals surface area contributed by atoms with E-state index in [-0.39, 0.29) is 23.4 Å². The number of nitrogens with one attached hydrogen (secondary N) is 1. The highest BCUT2D eigenvalue weighted by Gasteiger charge is 2.34. The maximum absolute atomic E-state index is 14.3. The lowest BCUT2D eigenvalue weighted by atomic mass is 10.1. The summed E-state index contributed by atoms with van der Waals surface area (Å²) in [5.41, 5.74) is 2.77. The third-order valence-electron chi connectivity index (χ3n) is 7.25. The van der Waals surface area contributed by atoms with Crippen LogP contribution in [0, 0.1) is 6.92 Å². The van der Waals surface area contributed by atoms with Crippen LogP contribution in [0.2, 0.25) is 10.0 Å². The lowest BCUT2D eigenvalue weighted by molar-refractivity contribution is -0.140. The minimum absolute atomic E-state index is 0.0377. The fraction of sp³-hybridized carbons (Fsp3) is 0.375. The zero-order valence-electron chi connectivity index (χ0n) is 24.7. The van der Waals surface area contributed by atoms with Crippen molar-refractivity contribution in [3.05, 3.63) is 93.5 Å². The van der Waals surface area contributed by atoms with Crippen LogP contribution in [-0.2, 0) is 32.6 Å². The normalized spacial score (nSPS) is 12.8. The molecule has 0 aliphatic rings. The van der Waals surface area contributed by atoms with Crippen LogP contribution in [0.5, 0.6) is 0 Å². The Morgan fingerprint density at radius 1 is 0.905 bits per heavy atom. The number of para-hydroxylation sites is 1. The molecule has 42 heavy (non-hydrogen) atoms. The number of halogens is 2. The van der Waals surface area contributed by atoms with Gasteiger partial charge < -0.3 is 10.2 Å². The monoisotopic (exact) mass is 631 g/mol. The van der Waals surface area contributed by atoms with E-state index >= 15 is 0 Å². The summed E-state index contributed by atoms with van der Waals surface area (Å²) in [5, 5.41) is 3.66. The van der Waals surface area contributed by atoms with Crippen molar-refractivity contribution in [3.8, 4) is 0 Å². The van der Waals surface area contributed by atoms with Crippen molar-refractivity contribution < 1.29 is 18.0 Å². The summed E-state index contributed by atoms with van der Waals surface area (Å²) in [5.74, 6) is -0.823. The molecule has 7 nitrogen and oxygen atoms in total. The van der Waals surface area contributed by atoms with E-state index in [0.29, 0.717) is 34.1 Å². The third kappa shape index (κ3) is 8.06. The zero-order valence-corrected chi connectivity index (χ0v) is 27.1. The van der Waals surface area contributed by atoms with Gasteiger partial charge >= 0.3 is 0 Å². The van der Waals surface area contributed by atoms with Gasteiger partial charge in [-0.3, -0.25) is 13.9 Å². The number of carbonyl (C=O) groups is 2. The quantitative estimate of drug-likeness (QED) is 0.225. The summed E-state index contributed by atoms with van der Waals surface area (Å²) < 4.78 is 29.4.